The summed E-state index contributed by atoms with van der Waals surface area (Å²) in [5.41, 5.74) is 2.52. The largest absolute Gasteiger partial charge is 0.454 e. The Balaban J connectivity index is 1.08. The number of benzene rings is 2. The van der Waals surface area contributed by atoms with Gasteiger partial charge in [-0.2, -0.15) is 5.26 Å². The quantitative estimate of drug-likeness (QED) is 0.572. The van der Waals surface area contributed by atoms with Crippen LogP contribution in [0.1, 0.15) is 24.2 Å². The van der Waals surface area contributed by atoms with Crippen molar-refractivity contribution < 1.29 is 14.0 Å². The second-order valence-electron chi connectivity index (χ2n) is 8.32. The number of ether oxygens (including phenoxy) is 2. The molecular formula is C25H26N4O3. The summed E-state index contributed by atoms with van der Waals surface area (Å²) < 4.78 is 16.3. The number of piperidine rings is 1. The standard InChI is InChI=1S/C25H26N4O3/c26-17-25(20-4-2-1-3-5-20)8-11-29(12-9-25)13-10-27-16-21-15-22(28-32-21)19-6-7-23-24(14-19)31-18-30-23/h1-7,14-15,27H,8-13,16,18H2. The van der Waals surface area contributed by atoms with Gasteiger partial charge in [0.2, 0.25) is 6.79 Å². The molecule has 164 valence electrons. The highest BCUT2D eigenvalue weighted by molar-refractivity contribution is 5.64. The first-order valence-electron chi connectivity index (χ1n) is 11.0. The smallest absolute Gasteiger partial charge is 0.231 e. The molecule has 0 radical (unpaired) electrons. The first kappa shape index (κ1) is 20.6. The molecule has 2 aliphatic rings. The number of nitrogens with zero attached hydrogens (tertiary/aromatic N) is 3. The van der Waals surface area contributed by atoms with Gasteiger partial charge in [-0.3, -0.25) is 0 Å². The zero-order valence-electron chi connectivity index (χ0n) is 17.9. The third-order valence-electron chi connectivity index (χ3n) is 6.38. The van der Waals surface area contributed by atoms with Crippen molar-refractivity contribution in [2.24, 2.45) is 0 Å². The van der Waals surface area contributed by atoms with Gasteiger partial charge in [0.05, 0.1) is 18.0 Å². The molecule has 0 saturated carbocycles. The summed E-state index contributed by atoms with van der Waals surface area (Å²) in [6.45, 7) is 4.54. The molecule has 1 saturated heterocycles. The Morgan fingerprint density at radius 3 is 2.66 bits per heavy atom. The van der Waals surface area contributed by atoms with Crippen LogP contribution in [0.4, 0.5) is 0 Å². The van der Waals surface area contributed by atoms with Crippen molar-refractivity contribution in [1.29, 1.82) is 5.26 Å². The number of nitrogens with one attached hydrogen (secondary N) is 1. The maximum Gasteiger partial charge on any atom is 0.231 e. The van der Waals surface area contributed by atoms with E-state index in [0.717, 1.165) is 73.1 Å². The number of aromatic nitrogens is 1. The van der Waals surface area contributed by atoms with Crippen LogP contribution in [-0.2, 0) is 12.0 Å². The highest BCUT2D eigenvalue weighted by Crippen LogP contribution is 2.36. The van der Waals surface area contributed by atoms with E-state index >= 15 is 0 Å². The molecular weight excluding hydrogens is 404 g/mol. The molecule has 0 bridgehead atoms. The molecule has 1 aromatic heterocycles. The average molecular weight is 431 g/mol. The molecule has 1 N–H and O–H groups in total. The van der Waals surface area contributed by atoms with Gasteiger partial charge < -0.3 is 24.2 Å². The van der Waals surface area contributed by atoms with Crippen molar-refractivity contribution in [2.45, 2.75) is 24.8 Å². The van der Waals surface area contributed by atoms with Crippen LogP contribution in [0.15, 0.2) is 59.1 Å². The summed E-state index contributed by atoms with van der Waals surface area (Å²) in [6.07, 6.45) is 1.74. The first-order chi connectivity index (χ1) is 15.8. The van der Waals surface area contributed by atoms with Crippen LogP contribution in [0.25, 0.3) is 11.3 Å². The van der Waals surface area contributed by atoms with Gasteiger partial charge in [-0.15, -0.1) is 0 Å². The van der Waals surface area contributed by atoms with Crippen LogP contribution in [0, 0.1) is 11.3 Å². The summed E-state index contributed by atoms with van der Waals surface area (Å²) in [6, 6.07) is 20.5. The van der Waals surface area contributed by atoms with Gasteiger partial charge in [-0.1, -0.05) is 35.5 Å². The minimum absolute atomic E-state index is 0.257. The summed E-state index contributed by atoms with van der Waals surface area (Å²) in [5, 5.41) is 17.5. The van der Waals surface area contributed by atoms with Crippen molar-refractivity contribution in [3.8, 4) is 28.8 Å². The van der Waals surface area contributed by atoms with E-state index in [1.54, 1.807) is 0 Å². The first-order valence-corrected chi connectivity index (χ1v) is 11.0. The minimum atomic E-state index is -0.351. The lowest BCUT2D eigenvalue weighted by Gasteiger charge is -2.37. The predicted molar refractivity (Wildman–Crippen MR) is 119 cm³/mol. The lowest BCUT2D eigenvalue weighted by Crippen LogP contribution is -2.44. The van der Waals surface area contributed by atoms with Crippen molar-refractivity contribution in [2.75, 3.05) is 33.0 Å². The molecule has 3 heterocycles. The van der Waals surface area contributed by atoms with E-state index in [2.05, 4.69) is 33.6 Å². The van der Waals surface area contributed by atoms with Crippen LogP contribution in [0.3, 0.4) is 0 Å². The molecule has 0 spiro atoms. The van der Waals surface area contributed by atoms with Crippen LogP contribution < -0.4 is 14.8 Å². The predicted octanol–water partition coefficient (Wildman–Crippen LogP) is 3.72. The fraction of sp³-hybridized carbons (Fsp3) is 0.360. The van der Waals surface area contributed by atoms with E-state index in [-0.39, 0.29) is 12.2 Å². The SMILES string of the molecule is N#CC1(c2ccccc2)CCN(CCNCc2cc(-c3ccc4c(c3)OCO4)no2)CC1. The monoisotopic (exact) mass is 430 g/mol. The van der Waals surface area contributed by atoms with E-state index < -0.39 is 0 Å². The Labute approximate surface area is 187 Å². The Bertz CT molecular complexity index is 1100. The zero-order valence-corrected chi connectivity index (χ0v) is 17.9. The van der Waals surface area contributed by atoms with Crippen molar-refractivity contribution in [3.63, 3.8) is 0 Å². The Morgan fingerprint density at radius 2 is 1.84 bits per heavy atom. The van der Waals surface area contributed by atoms with Gasteiger partial charge in [-0.05, 0) is 36.6 Å². The fourth-order valence-electron chi connectivity index (χ4n) is 4.42. The molecule has 7 heteroatoms. The summed E-state index contributed by atoms with van der Waals surface area (Å²) in [7, 11) is 0. The maximum absolute atomic E-state index is 9.84. The maximum atomic E-state index is 9.84. The van der Waals surface area contributed by atoms with Gasteiger partial charge in [0, 0.05) is 37.8 Å². The van der Waals surface area contributed by atoms with Crippen molar-refractivity contribution in [3.05, 3.63) is 65.9 Å². The third-order valence-corrected chi connectivity index (χ3v) is 6.38. The number of hydrogen-bond acceptors (Lipinski definition) is 7. The van der Waals surface area contributed by atoms with Gasteiger partial charge in [0.25, 0.3) is 0 Å². The molecule has 2 aliphatic heterocycles. The number of fused-ring (bicyclic) bond motifs is 1. The Kier molecular flexibility index (Phi) is 5.80. The Morgan fingerprint density at radius 1 is 1.03 bits per heavy atom. The zero-order chi connectivity index (χ0) is 21.8. The number of likely N-dealkylation sites (tertiary alicyclic amines) is 1. The summed E-state index contributed by atoms with van der Waals surface area (Å²) in [5.74, 6) is 2.29. The molecule has 0 amide bonds. The normalized spacial score (nSPS) is 17.2. The van der Waals surface area contributed by atoms with Crippen LogP contribution in [-0.4, -0.2) is 43.0 Å². The molecule has 0 atom stereocenters. The molecule has 3 aromatic rings. The number of hydrogen-bond donors (Lipinski definition) is 1. The van der Waals surface area contributed by atoms with E-state index in [9.17, 15) is 5.26 Å². The van der Waals surface area contributed by atoms with E-state index in [1.165, 1.54) is 0 Å². The Hall–Kier alpha value is -3.34. The van der Waals surface area contributed by atoms with Crippen molar-refractivity contribution in [1.82, 2.24) is 15.4 Å². The number of rotatable bonds is 7. The molecule has 5 rings (SSSR count). The fourth-order valence-corrected chi connectivity index (χ4v) is 4.42. The van der Waals surface area contributed by atoms with Crippen LogP contribution in [0.2, 0.25) is 0 Å². The van der Waals surface area contributed by atoms with Gasteiger partial charge in [0.1, 0.15) is 5.69 Å². The van der Waals surface area contributed by atoms with Crippen LogP contribution >= 0.6 is 0 Å². The second kappa shape index (κ2) is 9.03. The minimum Gasteiger partial charge on any atom is -0.454 e. The van der Waals surface area contributed by atoms with E-state index in [1.807, 2.05) is 42.5 Å². The average Bonchev–Trinajstić information content (AvgIpc) is 3.52. The van der Waals surface area contributed by atoms with Gasteiger partial charge >= 0.3 is 0 Å². The molecule has 0 unspecified atom stereocenters. The molecule has 0 aliphatic carbocycles. The highest BCUT2D eigenvalue weighted by atomic mass is 16.7. The third kappa shape index (κ3) is 4.20. The molecule has 7 nitrogen and oxygen atoms in total. The summed E-state index contributed by atoms with van der Waals surface area (Å²) >= 11 is 0. The van der Waals surface area contributed by atoms with Crippen molar-refractivity contribution >= 4 is 0 Å². The summed E-state index contributed by atoms with van der Waals surface area (Å²) in [4.78, 5) is 2.42. The van der Waals surface area contributed by atoms with Gasteiger partial charge in [0.15, 0.2) is 17.3 Å². The van der Waals surface area contributed by atoms with Gasteiger partial charge in [-0.25, -0.2) is 0 Å². The lowest BCUT2D eigenvalue weighted by molar-refractivity contribution is 0.174. The lowest BCUT2D eigenvalue weighted by atomic mass is 9.74. The number of nitriles is 1. The van der Waals surface area contributed by atoms with E-state index in [4.69, 9.17) is 14.0 Å². The molecule has 1 fully saturated rings. The molecule has 32 heavy (non-hydrogen) atoms. The second-order valence-corrected chi connectivity index (χ2v) is 8.32. The topological polar surface area (TPSA) is 83.6 Å². The highest BCUT2D eigenvalue weighted by Gasteiger charge is 2.36. The molecule has 2 aromatic carbocycles. The van der Waals surface area contributed by atoms with Crippen LogP contribution in [0.5, 0.6) is 11.5 Å². The van der Waals surface area contributed by atoms with E-state index in [0.29, 0.717) is 6.54 Å².